The third kappa shape index (κ3) is 7.56. The van der Waals surface area contributed by atoms with Crippen molar-refractivity contribution in [2.75, 3.05) is 14.7 Å². The maximum Gasteiger partial charge on any atom is 0.252 e. The second kappa shape index (κ2) is 16.8. The van der Waals surface area contributed by atoms with Crippen LogP contribution in [0.25, 0.3) is 11.1 Å². The van der Waals surface area contributed by atoms with E-state index in [1.807, 2.05) is 0 Å². The number of hydrogen-bond acceptors (Lipinski definition) is 3. The Morgan fingerprint density at radius 1 is 0.430 bits per heavy atom. The Labute approximate surface area is 476 Å². The van der Waals surface area contributed by atoms with Gasteiger partial charge in [0.2, 0.25) is 0 Å². The second-order valence-electron chi connectivity index (χ2n) is 30.9. The third-order valence-electron chi connectivity index (χ3n) is 21.5. The Kier molecular flexibility index (Phi) is 11.1. The Bertz CT molecular complexity index is 3710. The number of hydrogen-bond donors (Lipinski definition) is 0. The maximum absolute atomic E-state index is 2.82. The summed E-state index contributed by atoms with van der Waals surface area (Å²) in [4.78, 5) is 8.30. The van der Waals surface area contributed by atoms with Crippen LogP contribution >= 0.6 is 0 Å². The summed E-state index contributed by atoms with van der Waals surface area (Å²) in [6, 6.07) is 49.6. The van der Waals surface area contributed by atoms with Crippen molar-refractivity contribution in [2.45, 2.75) is 213 Å². The van der Waals surface area contributed by atoms with Crippen LogP contribution in [0.4, 0.5) is 45.5 Å². The van der Waals surface area contributed by atoms with E-state index in [2.05, 4.69) is 261 Å². The minimum atomic E-state index is -0.101. The molecule has 13 rings (SSSR count). The minimum absolute atomic E-state index is 0.00170. The SMILES string of the molecule is Cc1cc2c3c(c1)N(c1ccc(C(C)(C)C)cc1-c1ccccc1)c1cc(N4c5ccc(C(C)(C)C)cc5C5(C)CCCCC45C)ccc1B3c1cc3c(cc1N2c1cc2c(cc1C)C(C)(C)CC2(C)C)C(C)(C)CCC3(C)C. The zero-order valence-electron chi connectivity index (χ0n) is 51.4. The number of benzene rings is 7. The summed E-state index contributed by atoms with van der Waals surface area (Å²) in [5.74, 6) is 0. The van der Waals surface area contributed by atoms with E-state index in [0.29, 0.717) is 0 Å². The van der Waals surface area contributed by atoms with Crippen molar-refractivity contribution in [1.29, 1.82) is 0 Å². The molecular formula is C75H88BN3. The molecule has 7 aromatic carbocycles. The van der Waals surface area contributed by atoms with Crippen molar-refractivity contribution >= 4 is 68.6 Å². The molecule has 0 N–H and O–H groups in total. The van der Waals surface area contributed by atoms with E-state index >= 15 is 0 Å². The molecule has 0 bridgehead atoms. The lowest BCUT2D eigenvalue weighted by atomic mass is 9.33. The van der Waals surface area contributed by atoms with Gasteiger partial charge in [-0.3, -0.25) is 0 Å². The lowest BCUT2D eigenvalue weighted by Crippen LogP contribution is -2.62. The average molecular weight is 1040 g/mol. The third-order valence-corrected chi connectivity index (χ3v) is 21.5. The average Bonchev–Trinajstić information content (AvgIpc) is 3.37. The summed E-state index contributed by atoms with van der Waals surface area (Å²) in [6.07, 6.45) is 8.33. The fraction of sp³-hybridized carbons (Fsp3) is 0.440. The number of aryl methyl sites for hydroxylation is 2. The van der Waals surface area contributed by atoms with Crippen LogP contribution in [-0.2, 0) is 37.9 Å². The van der Waals surface area contributed by atoms with Gasteiger partial charge in [-0.2, -0.15) is 0 Å². The highest BCUT2D eigenvalue weighted by Gasteiger charge is 2.58. The molecule has 1 fully saturated rings. The molecule has 1 saturated carbocycles. The van der Waals surface area contributed by atoms with Gasteiger partial charge in [0.15, 0.2) is 0 Å². The number of fused-ring (bicyclic) bond motifs is 9. The Morgan fingerprint density at radius 2 is 0.975 bits per heavy atom. The van der Waals surface area contributed by atoms with Gasteiger partial charge in [-0.15, -0.1) is 0 Å². The van der Waals surface area contributed by atoms with Gasteiger partial charge in [0.05, 0.1) is 11.2 Å². The zero-order chi connectivity index (χ0) is 56.1. The van der Waals surface area contributed by atoms with Crippen molar-refractivity contribution in [1.82, 2.24) is 0 Å². The predicted molar refractivity (Wildman–Crippen MR) is 342 cm³/mol. The number of anilines is 8. The first-order chi connectivity index (χ1) is 36.9. The van der Waals surface area contributed by atoms with E-state index in [4.69, 9.17) is 0 Å². The van der Waals surface area contributed by atoms with Gasteiger partial charge in [0.1, 0.15) is 0 Å². The Hall–Kier alpha value is -6.00. The van der Waals surface area contributed by atoms with Gasteiger partial charge in [-0.25, -0.2) is 0 Å². The molecule has 406 valence electrons. The van der Waals surface area contributed by atoms with Crippen LogP contribution in [0.2, 0.25) is 0 Å². The molecule has 0 spiro atoms. The molecule has 0 aromatic heterocycles. The minimum Gasteiger partial charge on any atom is -0.334 e. The quantitative estimate of drug-likeness (QED) is 0.163. The molecule has 7 aromatic rings. The molecule has 3 heterocycles. The highest BCUT2D eigenvalue weighted by Crippen LogP contribution is 2.62. The number of nitrogens with zero attached hydrogens (tertiary/aromatic N) is 3. The van der Waals surface area contributed by atoms with Crippen LogP contribution in [-0.4, -0.2) is 12.3 Å². The summed E-state index contributed by atoms with van der Waals surface area (Å²) in [5.41, 5.74) is 30.2. The highest BCUT2D eigenvalue weighted by atomic mass is 15.3. The van der Waals surface area contributed by atoms with E-state index in [9.17, 15) is 0 Å². The van der Waals surface area contributed by atoms with E-state index < -0.39 is 0 Å². The normalized spacial score (nSPS) is 22.6. The van der Waals surface area contributed by atoms with E-state index in [1.54, 1.807) is 0 Å². The summed E-state index contributed by atoms with van der Waals surface area (Å²) >= 11 is 0. The topological polar surface area (TPSA) is 9.72 Å². The fourth-order valence-corrected chi connectivity index (χ4v) is 16.8. The van der Waals surface area contributed by atoms with Gasteiger partial charge >= 0.3 is 0 Å². The van der Waals surface area contributed by atoms with E-state index in [-0.39, 0.29) is 50.2 Å². The van der Waals surface area contributed by atoms with Crippen LogP contribution in [0.3, 0.4) is 0 Å². The van der Waals surface area contributed by atoms with Crippen LogP contribution in [0, 0.1) is 13.8 Å². The Balaban J connectivity index is 1.14. The van der Waals surface area contributed by atoms with E-state index in [1.165, 1.54) is 155 Å². The largest absolute Gasteiger partial charge is 0.334 e. The summed E-state index contributed by atoms with van der Waals surface area (Å²) in [5, 5.41) is 0. The number of rotatable bonds is 4. The fourth-order valence-electron chi connectivity index (χ4n) is 16.8. The molecule has 0 saturated heterocycles. The Morgan fingerprint density at radius 3 is 1.62 bits per heavy atom. The van der Waals surface area contributed by atoms with E-state index in [0.717, 1.165) is 12.8 Å². The first-order valence-electron chi connectivity index (χ1n) is 30.3. The molecule has 79 heavy (non-hydrogen) atoms. The highest BCUT2D eigenvalue weighted by molar-refractivity contribution is 7.00. The molecule has 2 atom stereocenters. The van der Waals surface area contributed by atoms with Crippen LogP contribution in [0.5, 0.6) is 0 Å². The molecule has 3 aliphatic heterocycles. The summed E-state index contributed by atoms with van der Waals surface area (Å²) in [6.45, 7) is 44.0. The van der Waals surface area contributed by atoms with Crippen LogP contribution in [0.1, 0.15) is 206 Å². The van der Waals surface area contributed by atoms with Gasteiger partial charge in [-0.1, -0.05) is 183 Å². The van der Waals surface area contributed by atoms with Crippen LogP contribution < -0.4 is 31.1 Å². The lowest BCUT2D eigenvalue weighted by molar-refractivity contribution is 0.195. The van der Waals surface area contributed by atoms with Gasteiger partial charge < -0.3 is 14.7 Å². The molecule has 3 nitrogen and oxygen atoms in total. The zero-order valence-corrected chi connectivity index (χ0v) is 51.4. The first kappa shape index (κ1) is 52.4. The van der Waals surface area contributed by atoms with Crippen molar-refractivity contribution in [3.8, 4) is 11.1 Å². The van der Waals surface area contributed by atoms with Crippen molar-refractivity contribution in [3.63, 3.8) is 0 Å². The van der Waals surface area contributed by atoms with Crippen molar-refractivity contribution in [2.24, 2.45) is 0 Å². The van der Waals surface area contributed by atoms with Gasteiger partial charge in [0.25, 0.3) is 6.71 Å². The molecule has 2 unspecified atom stereocenters. The van der Waals surface area contributed by atoms with Crippen LogP contribution in [0.15, 0.2) is 121 Å². The smallest absolute Gasteiger partial charge is 0.252 e. The second-order valence-corrected chi connectivity index (χ2v) is 30.9. The molecule has 3 aliphatic carbocycles. The standard InChI is InChI=1S/C75H88BN3/c1-46-36-65-67-66(37-46)78(62-43-56-53(38-47(62)2)72(13,14)45-73(56,15)16)64-44-55-54(70(9,10)34-35-71(55,11)12)42-59(64)76(67)58-29-28-51(79-61-31-27-50(69(6,7)8)40-57(61)74(17)32-22-23-33-75(74,79)18)41-63(58)77(65)60-30-26-49(68(3,4)5)39-52(60)48-24-20-19-21-25-48/h19-21,24-31,36-44H,22-23,32-35,45H2,1-18H3. The predicted octanol–water partition coefficient (Wildman–Crippen LogP) is 18.7. The molecular weight excluding hydrogens is 954 g/mol. The van der Waals surface area contributed by atoms with Crippen molar-refractivity contribution in [3.05, 3.63) is 171 Å². The lowest BCUT2D eigenvalue weighted by Gasteiger charge is -2.51. The van der Waals surface area contributed by atoms with Gasteiger partial charge in [0, 0.05) is 50.8 Å². The summed E-state index contributed by atoms with van der Waals surface area (Å²) < 4.78 is 0. The first-order valence-corrected chi connectivity index (χ1v) is 30.3. The van der Waals surface area contributed by atoms with Gasteiger partial charge in [-0.05, 0) is 212 Å². The maximum atomic E-state index is 2.82. The molecule has 0 amide bonds. The monoisotopic (exact) mass is 1040 g/mol. The molecule has 4 heteroatoms. The summed E-state index contributed by atoms with van der Waals surface area (Å²) in [7, 11) is 0. The molecule has 6 aliphatic rings. The molecule has 0 radical (unpaired) electrons. The van der Waals surface area contributed by atoms with Crippen molar-refractivity contribution < 1.29 is 0 Å².